The fourth-order valence-corrected chi connectivity index (χ4v) is 6.10. The monoisotopic (exact) mass is 580 g/mol. The molecule has 0 fully saturated rings. The number of hydrogen-bond acceptors (Lipinski definition) is 6. The van der Waals surface area contributed by atoms with E-state index >= 15 is 0 Å². The molecule has 40 heavy (non-hydrogen) atoms. The van der Waals surface area contributed by atoms with Gasteiger partial charge in [-0.3, -0.25) is 14.2 Å². The molecular weight excluding hydrogens is 557 g/mol. The van der Waals surface area contributed by atoms with Gasteiger partial charge in [0, 0.05) is 10.9 Å². The van der Waals surface area contributed by atoms with Crippen molar-refractivity contribution in [3.05, 3.63) is 98.7 Å². The maximum absolute atomic E-state index is 13.4. The summed E-state index contributed by atoms with van der Waals surface area (Å²) >= 11 is 2.25. The summed E-state index contributed by atoms with van der Waals surface area (Å²) in [5.74, 6) is -0.525. The van der Waals surface area contributed by atoms with Gasteiger partial charge in [0.05, 0.1) is 33.6 Å². The fourth-order valence-electron chi connectivity index (χ4n) is 4.57. The second-order valence-corrected chi connectivity index (χ2v) is 11.0. The van der Waals surface area contributed by atoms with E-state index in [9.17, 15) is 22.8 Å². The van der Waals surface area contributed by atoms with Crippen LogP contribution >= 0.6 is 23.1 Å². The smallest absolute Gasteiger partial charge is 0.301 e. The molecule has 1 N–H and O–H groups in total. The van der Waals surface area contributed by atoms with Gasteiger partial charge in [-0.25, -0.2) is 9.97 Å². The van der Waals surface area contributed by atoms with Gasteiger partial charge in [-0.05, 0) is 62.2 Å². The van der Waals surface area contributed by atoms with Crippen LogP contribution in [-0.2, 0) is 11.0 Å². The van der Waals surface area contributed by atoms with Crippen LogP contribution in [-0.4, -0.2) is 26.2 Å². The largest absolute Gasteiger partial charge is 0.416 e. The quantitative estimate of drug-likeness (QED) is 0.170. The summed E-state index contributed by atoms with van der Waals surface area (Å²) < 4.78 is 41.3. The lowest BCUT2D eigenvalue weighted by atomic mass is 9.98. The van der Waals surface area contributed by atoms with Gasteiger partial charge in [-0.15, -0.1) is 11.3 Å². The number of amides is 1. The number of rotatable bonds is 6. The third kappa shape index (κ3) is 5.66. The molecule has 2 heterocycles. The molecule has 2 aromatic heterocycles. The lowest BCUT2D eigenvalue weighted by Crippen LogP contribution is -2.23. The molecule has 5 aromatic rings. The number of aryl methyl sites for hydroxylation is 3. The highest BCUT2D eigenvalue weighted by atomic mass is 32.2. The minimum absolute atomic E-state index is 0.00869. The summed E-state index contributed by atoms with van der Waals surface area (Å²) in [6.45, 7) is 6.07. The molecule has 0 aliphatic rings. The molecule has 0 aliphatic heterocycles. The number of carbonyl (C=O) groups is 1. The molecule has 1 amide bonds. The molecule has 0 saturated heterocycles. The summed E-state index contributed by atoms with van der Waals surface area (Å²) in [7, 11) is 0. The number of anilines is 1. The van der Waals surface area contributed by atoms with E-state index in [0.717, 1.165) is 56.4 Å². The first-order valence-corrected chi connectivity index (χ1v) is 14.0. The molecular formula is C29H23F3N4O2S2. The number of carbonyl (C=O) groups excluding carboxylic acids is 1. The van der Waals surface area contributed by atoms with Gasteiger partial charge < -0.3 is 5.32 Å². The first kappa shape index (κ1) is 27.6. The Kier molecular flexibility index (Phi) is 7.52. The Bertz CT molecular complexity index is 1790. The van der Waals surface area contributed by atoms with Crippen molar-refractivity contribution in [3.63, 3.8) is 0 Å². The lowest BCUT2D eigenvalue weighted by molar-refractivity contribution is -0.137. The number of fused-ring (bicyclic) bond motifs is 1. The molecule has 11 heteroatoms. The van der Waals surface area contributed by atoms with Crippen molar-refractivity contribution >= 4 is 45.0 Å². The number of hydrogen-bond donors (Lipinski definition) is 1. The number of para-hydroxylation sites is 1. The predicted molar refractivity (Wildman–Crippen MR) is 153 cm³/mol. The van der Waals surface area contributed by atoms with Gasteiger partial charge in [-0.1, -0.05) is 47.7 Å². The number of aromatic nitrogens is 3. The zero-order chi connectivity index (χ0) is 28.6. The van der Waals surface area contributed by atoms with Crippen LogP contribution in [0.15, 0.2) is 76.0 Å². The summed E-state index contributed by atoms with van der Waals surface area (Å²) in [4.78, 5) is 35.3. The molecule has 0 atom stereocenters. The van der Waals surface area contributed by atoms with Crippen molar-refractivity contribution < 1.29 is 18.0 Å². The predicted octanol–water partition coefficient (Wildman–Crippen LogP) is 7.18. The molecule has 5 rings (SSSR count). The number of alkyl halides is 3. The van der Waals surface area contributed by atoms with E-state index < -0.39 is 17.3 Å². The van der Waals surface area contributed by atoms with Gasteiger partial charge in [-0.2, -0.15) is 13.2 Å². The summed E-state index contributed by atoms with van der Waals surface area (Å²) in [6, 6.07) is 15.2. The van der Waals surface area contributed by atoms with Gasteiger partial charge >= 0.3 is 6.18 Å². The average molecular weight is 581 g/mol. The molecule has 0 spiro atoms. The maximum atomic E-state index is 13.4. The third-order valence-corrected chi connectivity index (χ3v) is 7.89. The Morgan fingerprint density at radius 2 is 1.73 bits per heavy atom. The maximum Gasteiger partial charge on any atom is 0.416 e. The summed E-state index contributed by atoms with van der Waals surface area (Å²) in [5.41, 5.74) is 4.09. The summed E-state index contributed by atoms with van der Waals surface area (Å²) in [5, 5.41) is 5.43. The first-order chi connectivity index (χ1) is 19.0. The molecule has 0 radical (unpaired) electrons. The minimum Gasteiger partial charge on any atom is -0.301 e. The third-order valence-electron chi connectivity index (χ3n) is 6.19. The van der Waals surface area contributed by atoms with Gasteiger partial charge in [0.2, 0.25) is 5.91 Å². The van der Waals surface area contributed by atoms with Crippen molar-refractivity contribution in [2.24, 2.45) is 0 Å². The first-order valence-electron chi connectivity index (χ1n) is 12.2. The molecule has 0 bridgehead atoms. The van der Waals surface area contributed by atoms with Crippen LogP contribution in [0.5, 0.6) is 0 Å². The zero-order valence-electron chi connectivity index (χ0n) is 21.7. The highest BCUT2D eigenvalue weighted by Crippen LogP contribution is 2.32. The number of nitrogens with one attached hydrogen (secondary N) is 1. The Morgan fingerprint density at radius 1 is 1.00 bits per heavy atom. The van der Waals surface area contributed by atoms with Crippen molar-refractivity contribution in [1.82, 2.24) is 14.5 Å². The van der Waals surface area contributed by atoms with Gasteiger partial charge in [0.15, 0.2) is 10.3 Å². The number of thioether (sulfide) groups is 1. The molecule has 3 aromatic carbocycles. The Hall–Kier alpha value is -3.96. The fraction of sp³-hybridized carbons (Fsp3) is 0.172. The standard InChI is InChI=1S/C29H23F3N4O2S2/c1-16-11-17(2)25(18(3)12-16)23-14-39-27(33-23)35-24(37)15-40-28-34-22-10-5-4-9-21(22)26(38)36(28)20-8-6-7-19(13-20)29(30,31)32/h4-14H,15H2,1-3H3,(H,33,35,37). The highest BCUT2D eigenvalue weighted by Gasteiger charge is 2.31. The number of benzene rings is 3. The van der Waals surface area contributed by atoms with Crippen molar-refractivity contribution in [3.8, 4) is 16.9 Å². The van der Waals surface area contributed by atoms with Crippen LogP contribution in [0.3, 0.4) is 0 Å². The Balaban J connectivity index is 1.42. The van der Waals surface area contributed by atoms with Crippen molar-refractivity contribution in [2.45, 2.75) is 32.1 Å². The highest BCUT2D eigenvalue weighted by molar-refractivity contribution is 7.99. The van der Waals surface area contributed by atoms with Gasteiger partial charge in [0.25, 0.3) is 5.56 Å². The van der Waals surface area contributed by atoms with Gasteiger partial charge in [0.1, 0.15) is 0 Å². The molecule has 204 valence electrons. The zero-order valence-corrected chi connectivity index (χ0v) is 23.3. The molecule has 6 nitrogen and oxygen atoms in total. The average Bonchev–Trinajstić information content (AvgIpc) is 3.34. The lowest BCUT2D eigenvalue weighted by Gasteiger charge is -2.15. The van der Waals surface area contributed by atoms with Crippen LogP contribution in [0.4, 0.5) is 18.3 Å². The van der Waals surface area contributed by atoms with E-state index in [1.165, 1.54) is 23.5 Å². The van der Waals surface area contributed by atoms with E-state index in [4.69, 9.17) is 0 Å². The van der Waals surface area contributed by atoms with Crippen molar-refractivity contribution in [2.75, 3.05) is 11.1 Å². The van der Waals surface area contributed by atoms with E-state index in [0.29, 0.717) is 10.6 Å². The van der Waals surface area contributed by atoms with E-state index in [-0.39, 0.29) is 27.9 Å². The SMILES string of the molecule is Cc1cc(C)c(-c2csc(NC(=O)CSc3nc4ccccc4c(=O)n3-c3cccc(C(F)(F)F)c3)n2)c(C)c1. The van der Waals surface area contributed by atoms with Crippen LogP contribution < -0.4 is 10.9 Å². The normalized spacial score (nSPS) is 11.7. The second-order valence-electron chi connectivity index (χ2n) is 9.25. The van der Waals surface area contributed by atoms with Crippen LogP contribution in [0.25, 0.3) is 27.8 Å². The molecule has 0 unspecified atom stereocenters. The minimum atomic E-state index is -4.58. The Morgan fingerprint density at radius 3 is 2.45 bits per heavy atom. The molecule has 0 saturated carbocycles. The number of halogens is 3. The number of thiazole rings is 1. The topological polar surface area (TPSA) is 76.9 Å². The molecule has 0 aliphatic carbocycles. The Labute approximate surface area is 235 Å². The van der Waals surface area contributed by atoms with Crippen molar-refractivity contribution in [1.29, 1.82) is 0 Å². The van der Waals surface area contributed by atoms with E-state index in [1.807, 2.05) is 26.2 Å². The van der Waals surface area contributed by atoms with E-state index in [2.05, 4.69) is 27.4 Å². The van der Waals surface area contributed by atoms with Crippen LogP contribution in [0.1, 0.15) is 22.3 Å². The van der Waals surface area contributed by atoms with Crippen LogP contribution in [0, 0.1) is 20.8 Å². The van der Waals surface area contributed by atoms with Crippen LogP contribution in [0.2, 0.25) is 0 Å². The summed E-state index contributed by atoms with van der Waals surface area (Å²) in [6.07, 6.45) is -4.58. The second kappa shape index (κ2) is 10.9. The van der Waals surface area contributed by atoms with E-state index in [1.54, 1.807) is 24.3 Å². The number of nitrogens with zero attached hydrogens (tertiary/aromatic N) is 3.